The highest BCUT2D eigenvalue weighted by atomic mass is 16.2. The summed E-state index contributed by atoms with van der Waals surface area (Å²) in [5, 5.41) is 0. The molecule has 5 heteroatoms. The number of para-hydroxylation sites is 2. The van der Waals surface area contributed by atoms with Crippen LogP contribution in [0.3, 0.4) is 0 Å². The molecule has 0 bridgehead atoms. The van der Waals surface area contributed by atoms with Crippen molar-refractivity contribution in [3.05, 3.63) is 30.1 Å². The topological polar surface area (TPSA) is 52.2 Å². The lowest BCUT2D eigenvalue weighted by Gasteiger charge is -2.32. The monoisotopic (exact) mass is 342 g/mol. The smallest absolute Gasteiger partial charge is 0.222 e. The Balaban J connectivity index is 1.42. The number of nitrogens with one attached hydrogen (secondary N) is 1. The Morgan fingerprint density at radius 3 is 2.68 bits per heavy atom. The largest absolute Gasteiger partial charge is 0.344 e. The number of aryl methyl sites for hydroxylation is 1. The predicted octanol–water partition coefficient (Wildman–Crippen LogP) is 3.22. The van der Waals surface area contributed by atoms with Crippen LogP contribution >= 0.6 is 0 Å². The molecule has 1 aromatic carbocycles. The quantitative estimate of drug-likeness (QED) is 0.840. The molecular weight excluding hydrogens is 312 g/mol. The second-order valence-corrected chi connectivity index (χ2v) is 7.29. The van der Waals surface area contributed by atoms with Crippen molar-refractivity contribution >= 4 is 16.9 Å². The highest BCUT2D eigenvalue weighted by Crippen LogP contribution is 2.21. The first-order chi connectivity index (χ1) is 12.1. The molecule has 0 saturated heterocycles. The fourth-order valence-corrected chi connectivity index (χ4v) is 3.68. The van der Waals surface area contributed by atoms with Crippen molar-refractivity contribution in [1.29, 1.82) is 0 Å². The number of rotatable bonds is 7. The number of hydrogen-bond donors (Lipinski definition) is 1. The zero-order valence-electron chi connectivity index (χ0n) is 15.5. The third-order valence-corrected chi connectivity index (χ3v) is 5.43. The van der Waals surface area contributed by atoms with Gasteiger partial charge in [-0.15, -0.1) is 0 Å². The van der Waals surface area contributed by atoms with Crippen LogP contribution in [-0.2, 0) is 11.2 Å². The van der Waals surface area contributed by atoms with Gasteiger partial charge in [0.05, 0.1) is 11.0 Å². The zero-order chi connectivity index (χ0) is 17.6. The van der Waals surface area contributed by atoms with E-state index in [0.717, 1.165) is 29.9 Å². The van der Waals surface area contributed by atoms with E-state index in [-0.39, 0.29) is 5.91 Å². The summed E-state index contributed by atoms with van der Waals surface area (Å²) in [6.07, 6.45) is 7.85. The lowest BCUT2D eigenvalue weighted by molar-refractivity contribution is -0.130. The molecule has 2 aromatic rings. The molecule has 1 fully saturated rings. The van der Waals surface area contributed by atoms with Crippen molar-refractivity contribution < 1.29 is 4.79 Å². The van der Waals surface area contributed by atoms with Crippen molar-refractivity contribution in [2.45, 2.75) is 51.0 Å². The fraction of sp³-hybridized carbons (Fsp3) is 0.600. The van der Waals surface area contributed by atoms with E-state index in [2.05, 4.69) is 21.9 Å². The Morgan fingerprint density at radius 1 is 1.16 bits per heavy atom. The molecule has 1 heterocycles. The summed E-state index contributed by atoms with van der Waals surface area (Å²) in [5.74, 6) is 1.08. The van der Waals surface area contributed by atoms with Crippen LogP contribution in [0.15, 0.2) is 24.3 Å². The average Bonchev–Trinajstić information content (AvgIpc) is 3.07. The van der Waals surface area contributed by atoms with E-state index in [1.54, 1.807) is 0 Å². The van der Waals surface area contributed by atoms with E-state index < -0.39 is 0 Å². The van der Waals surface area contributed by atoms with Crippen LogP contribution in [0.1, 0.15) is 44.3 Å². The SMILES string of the molecule is CN(CCN(C)C1CCCCC1)C(=O)CCc1nc2ccccc2[nH]1. The van der Waals surface area contributed by atoms with Crippen molar-refractivity contribution in [3.63, 3.8) is 0 Å². The number of carbonyl (C=O) groups is 1. The van der Waals surface area contributed by atoms with E-state index in [0.29, 0.717) is 18.9 Å². The first-order valence-corrected chi connectivity index (χ1v) is 9.51. The molecule has 1 N–H and O–H groups in total. The Bertz CT molecular complexity index is 657. The molecule has 0 spiro atoms. The summed E-state index contributed by atoms with van der Waals surface area (Å²) in [7, 11) is 4.11. The van der Waals surface area contributed by atoms with Crippen LogP contribution in [0, 0.1) is 0 Å². The highest BCUT2D eigenvalue weighted by Gasteiger charge is 2.18. The molecule has 5 nitrogen and oxygen atoms in total. The van der Waals surface area contributed by atoms with E-state index in [9.17, 15) is 4.79 Å². The molecule has 0 aliphatic heterocycles. The van der Waals surface area contributed by atoms with E-state index in [4.69, 9.17) is 0 Å². The van der Waals surface area contributed by atoms with Crippen molar-refractivity contribution in [1.82, 2.24) is 19.8 Å². The van der Waals surface area contributed by atoms with Crippen LogP contribution in [-0.4, -0.2) is 58.9 Å². The minimum atomic E-state index is 0.192. The molecule has 0 atom stereocenters. The van der Waals surface area contributed by atoms with Crippen LogP contribution in [0.2, 0.25) is 0 Å². The van der Waals surface area contributed by atoms with Gasteiger partial charge in [0, 0.05) is 39.0 Å². The number of hydrogen-bond acceptors (Lipinski definition) is 3. The number of nitrogens with zero attached hydrogens (tertiary/aromatic N) is 3. The number of imidazole rings is 1. The van der Waals surface area contributed by atoms with Crippen LogP contribution < -0.4 is 0 Å². The van der Waals surface area contributed by atoms with Gasteiger partial charge in [0.15, 0.2) is 0 Å². The molecular formula is C20H30N4O. The van der Waals surface area contributed by atoms with Crippen LogP contribution in [0.25, 0.3) is 11.0 Å². The maximum atomic E-state index is 12.4. The summed E-state index contributed by atoms with van der Waals surface area (Å²) >= 11 is 0. The molecule has 1 saturated carbocycles. The summed E-state index contributed by atoms with van der Waals surface area (Å²) in [6.45, 7) is 1.75. The molecule has 25 heavy (non-hydrogen) atoms. The van der Waals surface area contributed by atoms with E-state index in [1.165, 1.54) is 32.1 Å². The van der Waals surface area contributed by atoms with Gasteiger partial charge in [0.1, 0.15) is 5.82 Å². The molecule has 1 aliphatic carbocycles. The average molecular weight is 342 g/mol. The normalized spacial score (nSPS) is 15.8. The second kappa shape index (κ2) is 8.48. The molecule has 0 radical (unpaired) electrons. The van der Waals surface area contributed by atoms with Crippen molar-refractivity contribution in [2.24, 2.45) is 0 Å². The standard InChI is InChI=1S/C20H30N4O/c1-23(16-8-4-3-5-9-16)14-15-24(2)20(25)13-12-19-21-17-10-6-7-11-18(17)22-19/h6-7,10-11,16H,3-5,8-9,12-15H2,1-2H3,(H,21,22). The maximum absolute atomic E-state index is 12.4. The van der Waals surface area contributed by atoms with Gasteiger partial charge in [-0.2, -0.15) is 0 Å². The van der Waals surface area contributed by atoms with Gasteiger partial charge in [-0.25, -0.2) is 4.98 Å². The highest BCUT2D eigenvalue weighted by molar-refractivity contribution is 5.77. The number of likely N-dealkylation sites (N-methyl/N-ethyl adjacent to an activating group) is 2. The van der Waals surface area contributed by atoms with Gasteiger partial charge in [0.25, 0.3) is 0 Å². The molecule has 0 unspecified atom stereocenters. The number of carbonyl (C=O) groups excluding carboxylic acids is 1. The Hall–Kier alpha value is -1.88. The first kappa shape index (κ1) is 17.9. The number of fused-ring (bicyclic) bond motifs is 1. The Labute approximate surface area is 150 Å². The Kier molecular flexibility index (Phi) is 6.08. The third-order valence-electron chi connectivity index (χ3n) is 5.43. The second-order valence-electron chi connectivity index (χ2n) is 7.29. The van der Waals surface area contributed by atoms with Gasteiger partial charge < -0.3 is 14.8 Å². The summed E-state index contributed by atoms with van der Waals surface area (Å²) < 4.78 is 0. The molecule has 1 aromatic heterocycles. The summed E-state index contributed by atoms with van der Waals surface area (Å²) in [5.41, 5.74) is 2.00. The lowest BCUT2D eigenvalue weighted by Crippen LogP contribution is -2.40. The molecule has 136 valence electrons. The Morgan fingerprint density at radius 2 is 1.92 bits per heavy atom. The summed E-state index contributed by atoms with van der Waals surface area (Å²) in [6, 6.07) is 8.68. The van der Waals surface area contributed by atoms with Gasteiger partial charge in [-0.1, -0.05) is 31.4 Å². The lowest BCUT2D eigenvalue weighted by atomic mass is 9.94. The number of aromatic amines is 1. The first-order valence-electron chi connectivity index (χ1n) is 9.51. The zero-order valence-corrected chi connectivity index (χ0v) is 15.5. The van der Waals surface area contributed by atoms with Crippen molar-refractivity contribution in [2.75, 3.05) is 27.2 Å². The molecule has 3 rings (SSSR count). The van der Waals surface area contributed by atoms with E-state index >= 15 is 0 Å². The van der Waals surface area contributed by atoms with Gasteiger partial charge >= 0.3 is 0 Å². The van der Waals surface area contributed by atoms with Gasteiger partial charge in [0.2, 0.25) is 5.91 Å². The maximum Gasteiger partial charge on any atom is 0.222 e. The third kappa shape index (κ3) is 4.82. The molecule has 1 amide bonds. The van der Waals surface area contributed by atoms with Crippen molar-refractivity contribution in [3.8, 4) is 0 Å². The van der Waals surface area contributed by atoms with Gasteiger partial charge in [-0.3, -0.25) is 4.79 Å². The van der Waals surface area contributed by atoms with E-state index in [1.807, 2.05) is 36.2 Å². The fourth-order valence-electron chi connectivity index (χ4n) is 3.68. The minimum absolute atomic E-state index is 0.192. The number of amides is 1. The number of benzene rings is 1. The molecule has 1 aliphatic rings. The summed E-state index contributed by atoms with van der Waals surface area (Å²) in [4.78, 5) is 24.5. The predicted molar refractivity (Wildman–Crippen MR) is 102 cm³/mol. The minimum Gasteiger partial charge on any atom is -0.344 e. The number of H-pyrrole nitrogens is 1. The van der Waals surface area contributed by atoms with Gasteiger partial charge in [-0.05, 0) is 32.0 Å². The van der Waals surface area contributed by atoms with Crippen LogP contribution in [0.4, 0.5) is 0 Å². The van der Waals surface area contributed by atoms with Crippen LogP contribution in [0.5, 0.6) is 0 Å². The number of aromatic nitrogens is 2.